The van der Waals surface area contributed by atoms with Crippen molar-refractivity contribution in [3.8, 4) is 0 Å². The van der Waals surface area contributed by atoms with Crippen molar-refractivity contribution < 1.29 is 9.47 Å². The molecule has 3 nitrogen and oxygen atoms in total. The number of rotatable bonds is 1. The quantitative estimate of drug-likeness (QED) is 0.600. The van der Waals surface area contributed by atoms with E-state index in [4.69, 9.17) is 9.47 Å². The highest BCUT2D eigenvalue weighted by Gasteiger charge is 2.27. The van der Waals surface area contributed by atoms with Crippen LogP contribution in [0.2, 0.25) is 0 Å². The smallest absolute Gasteiger partial charge is 0.101 e. The molecule has 0 spiro atoms. The Labute approximate surface area is 68.1 Å². The average molecular weight is 159 g/mol. The second-order valence-corrected chi connectivity index (χ2v) is 3.41. The van der Waals surface area contributed by atoms with Gasteiger partial charge in [-0.15, -0.1) is 0 Å². The molecule has 1 N–H and O–H groups in total. The van der Waals surface area contributed by atoms with Gasteiger partial charge in [0.15, 0.2) is 0 Å². The summed E-state index contributed by atoms with van der Waals surface area (Å²) < 4.78 is 10.8. The summed E-state index contributed by atoms with van der Waals surface area (Å²) in [5, 5.41) is 3.29. The van der Waals surface area contributed by atoms with Crippen molar-refractivity contribution in [1.29, 1.82) is 0 Å². The van der Waals surface area contributed by atoms with E-state index in [1.807, 2.05) is 0 Å². The molecule has 2 unspecified atom stereocenters. The SMILES string of the molecule is COC1(C)CNCC(C)OC1. The predicted octanol–water partition coefficient (Wildman–Crippen LogP) is 0.400. The van der Waals surface area contributed by atoms with Crippen LogP contribution < -0.4 is 5.32 Å². The number of ether oxygens (including phenoxy) is 2. The molecule has 0 saturated carbocycles. The molecule has 1 aliphatic heterocycles. The maximum Gasteiger partial charge on any atom is 0.101 e. The Morgan fingerprint density at radius 2 is 2.36 bits per heavy atom. The highest BCUT2D eigenvalue weighted by Crippen LogP contribution is 2.12. The average Bonchev–Trinajstić information content (AvgIpc) is 2.15. The predicted molar refractivity (Wildman–Crippen MR) is 43.7 cm³/mol. The zero-order valence-corrected chi connectivity index (χ0v) is 7.52. The number of hydrogen-bond acceptors (Lipinski definition) is 3. The van der Waals surface area contributed by atoms with Crippen molar-refractivity contribution in [2.75, 3.05) is 26.8 Å². The summed E-state index contributed by atoms with van der Waals surface area (Å²) in [6, 6.07) is 0. The van der Waals surface area contributed by atoms with Gasteiger partial charge in [-0.05, 0) is 13.8 Å². The molecule has 1 fully saturated rings. The summed E-state index contributed by atoms with van der Waals surface area (Å²) in [6.07, 6.45) is 0.298. The second kappa shape index (κ2) is 3.52. The first kappa shape index (κ1) is 8.97. The van der Waals surface area contributed by atoms with E-state index < -0.39 is 0 Å². The Bertz CT molecular complexity index is 129. The highest BCUT2D eigenvalue weighted by molar-refractivity contribution is 4.81. The summed E-state index contributed by atoms with van der Waals surface area (Å²) in [6.45, 7) is 6.58. The molecule has 11 heavy (non-hydrogen) atoms. The first-order valence-electron chi connectivity index (χ1n) is 4.04. The number of nitrogens with one attached hydrogen (secondary N) is 1. The fraction of sp³-hybridized carbons (Fsp3) is 1.00. The van der Waals surface area contributed by atoms with E-state index in [2.05, 4.69) is 19.2 Å². The Hall–Kier alpha value is -0.120. The molecule has 66 valence electrons. The first-order chi connectivity index (χ1) is 5.16. The third-order valence-electron chi connectivity index (χ3n) is 2.10. The maximum absolute atomic E-state index is 5.52. The summed E-state index contributed by atoms with van der Waals surface area (Å²) >= 11 is 0. The van der Waals surface area contributed by atoms with Gasteiger partial charge in [-0.2, -0.15) is 0 Å². The van der Waals surface area contributed by atoms with E-state index in [1.165, 1.54) is 0 Å². The minimum atomic E-state index is -0.148. The molecule has 0 amide bonds. The minimum Gasteiger partial charge on any atom is -0.375 e. The van der Waals surface area contributed by atoms with Crippen LogP contribution in [0, 0.1) is 0 Å². The van der Waals surface area contributed by atoms with E-state index in [-0.39, 0.29) is 5.60 Å². The molecule has 1 rings (SSSR count). The van der Waals surface area contributed by atoms with Gasteiger partial charge >= 0.3 is 0 Å². The Morgan fingerprint density at radius 3 is 3.00 bits per heavy atom. The molecule has 0 aromatic rings. The van der Waals surface area contributed by atoms with Crippen LogP contribution in [0.25, 0.3) is 0 Å². The van der Waals surface area contributed by atoms with Crippen molar-refractivity contribution >= 4 is 0 Å². The molecular formula is C8H17NO2. The molecule has 2 atom stereocenters. The normalized spacial score (nSPS) is 40.1. The summed E-state index contributed by atoms with van der Waals surface area (Å²) in [5.41, 5.74) is -0.148. The number of methoxy groups -OCH3 is 1. The van der Waals surface area contributed by atoms with Gasteiger partial charge in [-0.1, -0.05) is 0 Å². The second-order valence-electron chi connectivity index (χ2n) is 3.41. The van der Waals surface area contributed by atoms with E-state index in [0.29, 0.717) is 12.7 Å². The van der Waals surface area contributed by atoms with Crippen LogP contribution in [0.4, 0.5) is 0 Å². The fourth-order valence-corrected chi connectivity index (χ4v) is 1.10. The third-order valence-corrected chi connectivity index (χ3v) is 2.10. The van der Waals surface area contributed by atoms with Crippen LogP contribution in [0.1, 0.15) is 13.8 Å². The van der Waals surface area contributed by atoms with Gasteiger partial charge in [-0.3, -0.25) is 0 Å². The van der Waals surface area contributed by atoms with E-state index in [9.17, 15) is 0 Å². The van der Waals surface area contributed by atoms with Gasteiger partial charge in [0.1, 0.15) is 5.60 Å². The van der Waals surface area contributed by atoms with Gasteiger partial charge in [0.25, 0.3) is 0 Å². The molecule has 3 heteroatoms. The van der Waals surface area contributed by atoms with Crippen LogP contribution in [0.15, 0.2) is 0 Å². The van der Waals surface area contributed by atoms with Gasteiger partial charge < -0.3 is 14.8 Å². The third kappa shape index (κ3) is 2.43. The maximum atomic E-state index is 5.52. The summed E-state index contributed by atoms with van der Waals surface area (Å²) in [5.74, 6) is 0. The lowest BCUT2D eigenvalue weighted by molar-refractivity contribution is -0.0617. The van der Waals surface area contributed by atoms with Crippen molar-refractivity contribution in [2.24, 2.45) is 0 Å². The summed E-state index contributed by atoms with van der Waals surface area (Å²) in [4.78, 5) is 0. The van der Waals surface area contributed by atoms with Crippen molar-refractivity contribution in [3.63, 3.8) is 0 Å². The Balaban J connectivity index is 2.45. The molecule has 0 aromatic carbocycles. The lowest BCUT2D eigenvalue weighted by Crippen LogP contribution is -2.41. The zero-order chi connectivity index (χ0) is 8.32. The molecule has 0 bridgehead atoms. The van der Waals surface area contributed by atoms with E-state index >= 15 is 0 Å². The number of hydrogen-bond donors (Lipinski definition) is 1. The van der Waals surface area contributed by atoms with Crippen LogP contribution in [0.3, 0.4) is 0 Å². The fourth-order valence-electron chi connectivity index (χ4n) is 1.10. The van der Waals surface area contributed by atoms with Gasteiger partial charge in [-0.25, -0.2) is 0 Å². The molecule has 1 saturated heterocycles. The Morgan fingerprint density at radius 1 is 1.64 bits per heavy atom. The lowest BCUT2D eigenvalue weighted by atomic mass is 10.1. The molecule has 0 radical (unpaired) electrons. The molecular weight excluding hydrogens is 142 g/mol. The largest absolute Gasteiger partial charge is 0.375 e. The molecule has 1 aliphatic rings. The lowest BCUT2D eigenvalue weighted by Gasteiger charge is -2.25. The van der Waals surface area contributed by atoms with Gasteiger partial charge in [0, 0.05) is 20.2 Å². The topological polar surface area (TPSA) is 30.5 Å². The van der Waals surface area contributed by atoms with Gasteiger partial charge in [0.05, 0.1) is 12.7 Å². The monoisotopic (exact) mass is 159 g/mol. The van der Waals surface area contributed by atoms with Crippen LogP contribution >= 0.6 is 0 Å². The van der Waals surface area contributed by atoms with Crippen molar-refractivity contribution in [2.45, 2.75) is 25.6 Å². The molecule has 1 heterocycles. The highest BCUT2D eigenvalue weighted by atomic mass is 16.5. The van der Waals surface area contributed by atoms with Crippen LogP contribution in [-0.4, -0.2) is 38.5 Å². The first-order valence-corrected chi connectivity index (χ1v) is 4.04. The van der Waals surface area contributed by atoms with Crippen molar-refractivity contribution in [1.82, 2.24) is 5.32 Å². The van der Waals surface area contributed by atoms with E-state index in [0.717, 1.165) is 13.1 Å². The standard InChI is InChI=1S/C8H17NO2/c1-7-4-9-5-8(2,10-3)6-11-7/h7,9H,4-6H2,1-3H3. The van der Waals surface area contributed by atoms with Crippen molar-refractivity contribution in [3.05, 3.63) is 0 Å². The zero-order valence-electron chi connectivity index (χ0n) is 7.52. The van der Waals surface area contributed by atoms with Crippen LogP contribution in [-0.2, 0) is 9.47 Å². The molecule has 0 aliphatic carbocycles. The summed E-state index contributed by atoms with van der Waals surface area (Å²) in [7, 11) is 1.72. The Kier molecular flexibility index (Phi) is 2.87. The van der Waals surface area contributed by atoms with E-state index in [1.54, 1.807) is 7.11 Å². The minimum absolute atomic E-state index is 0.148. The van der Waals surface area contributed by atoms with Gasteiger partial charge in [0.2, 0.25) is 0 Å². The van der Waals surface area contributed by atoms with Crippen LogP contribution in [0.5, 0.6) is 0 Å². The molecule has 0 aromatic heterocycles.